The molecule has 3 rings (SSSR count). The summed E-state index contributed by atoms with van der Waals surface area (Å²) < 4.78 is 11.4. The zero-order valence-electron chi connectivity index (χ0n) is 12.8. The molecule has 116 valence electrons. The Morgan fingerprint density at radius 1 is 1.29 bits per heavy atom. The molecule has 0 N–H and O–H groups in total. The number of ketones is 1. The van der Waals surface area contributed by atoms with Gasteiger partial charge in [0.1, 0.15) is 5.78 Å². The first-order valence-corrected chi connectivity index (χ1v) is 8.09. The summed E-state index contributed by atoms with van der Waals surface area (Å²) in [7, 11) is 0. The highest BCUT2D eigenvalue weighted by Crippen LogP contribution is 2.41. The molecule has 0 spiro atoms. The fourth-order valence-electron chi connectivity index (χ4n) is 3.97. The Bertz CT molecular complexity index is 461. The van der Waals surface area contributed by atoms with Gasteiger partial charge in [-0.1, -0.05) is 31.4 Å². The molecule has 4 heteroatoms. The third-order valence-electron chi connectivity index (χ3n) is 5.13. The number of carbonyl (C=O) groups is 2. The van der Waals surface area contributed by atoms with E-state index in [0.717, 1.165) is 12.8 Å². The third-order valence-corrected chi connectivity index (χ3v) is 5.13. The van der Waals surface area contributed by atoms with Gasteiger partial charge >= 0.3 is 5.97 Å². The van der Waals surface area contributed by atoms with Crippen LogP contribution in [0.1, 0.15) is 52.4 Å². The molecule has 4 atom stereocenters. The molecule has 2 fully saturated rings. The van der Waals surface area contributed by atoms with Crippen molar-refractivity contribution in [2.24, 2.45) is 17.8 Å². The number of ether oxygens (including phenoxy) is 2. The van der Waals surface area contributed by atoms with Gasteiger partial charge in [-0.05, 0) is 33.1 Å². The van der Waals surface area contributed by atoms with Crippen LogP contribution in [-0.4, -0.2) is 23.6 Å². The number of Topliss-reactive ketones (excluding diaryl/α,β-unsaturated/α-hetero) is 1. The van der Waals surface area contributed by atoms with Crippen molar-refractivity contribution in [1.82, 2.24) is 0 Å². The monoisotopic (exact) mass is 292 g/mol. The summed E-state index contributed by atoms with van der Waals surface area (Å²) in [6, 6.07) is 0. The Kier molecular flexibility index (Phi) is 3.91. The van der Waals surface area contributed by atoms with E-state index < -0.39 is 6.29 Å². The molecule has 2 saturated carbocycles. The predicted molar refractivity (Wildman–Crippen MR) is 77.4 cm³/mol. The SMILES string of the molecule is CC(OC(=O)C1CC2C=CC1C2=O)OC1(C)CCCCC1. The van der Waals surface area contributed by atoms with Gasteiger partial charge < -0.3 is 9.47 Å². The van der Waals surface area contributed by atoms with E-state index in [1.54, 1.807) is 6.92 Å². The number of carbonyl (C=O) groups excluding carboxylic acids is 2. The van der Waals surface area contributed by atoms with Crippen molar-refractivity contribution in [1.29, 1.82) is 0 Å². The van der Waals surface area contributed by atoms with Crippen LogP contribution in [-0.2, 0) is 19.1 Å². The number of esters is 1. The minimum Gasteiger partial charge on any atom is -0.436 e. The van der Waals surface area contributed by atoms with Gasteiger partial charge in [-0.2, -0.15) is 0 Å². The topological polar surface area (TPSA) is 52.6 Å². The van der Waals surface area contributed by atoms with E-state index in [2.05, 4.69) is 6.92 Å². The third kappa shape index (κ3) is 2.91. The van der Waals surface area contributed by atoms with Crippen molar-refractivity contribution < 1.29 is 19.1 Å². The largest absolute Gasteiger partial charge is 0.436 e. The van der Waals surface area contributed by atoms with Gasteiger partial charge in [-0.25, -0.2) is 0 Å². The maximum Gasteiger partial charge on any atom is 0.312 e. The number of hydrogen-bond acceptors (Lipinski definition) is 4. The van der Waals surface area contributed by atoms with Crippen molar-refractivity contribution in [3.63, 3.8) is 0 Å². The van der Waals surface area contributed by atoms with E-state index in [0.29, 0.717) is 6.42 Å². The van der Waals surface area contributed by atoms with Crippen LogP contribution >= 0.6 is 0 Å². The van der Waals surface area contributed by atoms with Crippen LogP contribution in [0.4, 0.5) is 0 Å². The zero-order valence-corrected chi connectivity index (χ0v) is 12.8. The highest BCUT2D eigenvalue weighted by molar-refractivity contribution is 5.96. The van der Waals surface area contributed by atoms with Crippen LogP contribution in [0, 0.1) is 17.8 Å². The highest BCUT2D eigenvalue weighted by Gasteiger charge is 2.48. The molecule has 3 aliphatic carbocycles. The van der Waals surface area contributed by atoms with E-state index in [-0.39, 0.29) is 35.1 Å². The molecule has 0 amide bonds. The van der Waals surface area contributed by atoms with E-state index in [4.69, 9.17) is 9.47 Å². The Morgan fingerprint density at radius 2 is 2.00 bits per heavy atom. The lowest BCUT2D eigenvalue weighted by Crippen LogP contribution is -2.37. The van der Waals surface area contributed by atoms with Gasteiger partial charge in [0.2, 0.25) is 6.29 Å². The Morgan fingerprint density at radius 3 is 2.57 bits per heavy atom. The number of rotatable bonds is 4. The van der Waals surface area contributed by atoms with Crippen molar-refractivity contribution >= 4 is 11.8 Å². The zero-order chi connectivity index (χ0) is 15.0. The predicted octanol–water partition coefficient (Wildman–Crippen LogP) is 3.01. The van der Waals surface area contributed by atoms with Crippen LogP contribution in [0.3, 0.4) is 0 Å². The Balaban J connectivity index is 1.53. The molecule has 0 heterocycles. The lowest BCUT2D eigenvalue weighted by Gasteiger charge is -2.36. The molecule has 0 aromatic rings. The van der Waals surface area contributed by atoms with Gasteiger partial charge in [-0.3, -0.25) is 9.59 Å². The van der Waals surface area contributed by atoms with E-state index >= 15 is 0 Å². The maximum atomic E-state index is 12.2. The van der Waals surface area contributed by atoms with Crippen LogP contribution in [0.15, 0.2) is 12.2 Å². The highest BCUT2D eigenvalue weighted by atomic mass is 16.7. The van der Waals surface area contributed by atoms with Crippen LogP contribution in [0.2, 0.25) is 0 Å². The lowest BCUT2D eigenvalue weighted by atomic mass is 9.86. The van der Waals surface area contributed by atoms with Gasteiger partial charge in [0.15, 0.2) is 0 Å². The quantitative estimate of drug-likeness (QED) is 0.454. The molecular formula is C17H24O4. The number of fused-ring (bicyclic) bond motifs is 2. The molecular weight excluding hydrogens is 268 g/mol. The fourth-order valence-corrected chi connectivity index (χ4v) is 3.97. The Hall–Kier alpha value is -1.16. The molecule has 21 heavy (non-hydrogen) atoms. The summed E-state index contributed by atoms with van der Waals surface area (Å²) in [5.41, 5.74) is -0.178. The van der Waals surface area contributed by atoms with Gasteiger partial charge in [-0.15, -0.1) is 0 Å². The maximum absolute atomic E-state index is 12.2. The van der Waals surface area contributed by atoms with Crippen molar-refractivity contribution in [2.45, 2.75) is 64.3 Å². The molecule has 3 aliphatic rings. The van der Waals surface area contributed by atoms with Gasteiger partial charge in [0.05, 0.1) is 11.5 Å². The average Bonchev–Trinajstić information content (AvgIpc) is 2.94. The molecule has 0 aliphatic heterocycles. The fraction of sp³-hybridized carbons (Fsp3) is 0.765. The van der Waals surface area contributed by atoms with E-state index in [9.17, 15) is 9.59 Å². The molecule has 0 aromatic carbocycles. The standard InChI is InChI=1S/C17H24O4/c1-11(21-17(2)8-4-3-5-9-17)20-16(19)14-10-12-6-7-13(14)15(12)18/h6-7,11-14H,3-5,8-10H2,1-2H3. The first-order chi connectivity index (χ1) is 9.98. The van der Waals surface area contributed by atoms with E-state index in [1.807, 2.05) is 12.2 Å². The normalized spacial score (nSPS) is 35.0. The molecule has 2 bridgehead atoms. The van der Waals surface area contributed by atoms with Crippen LogP contribution < -0.4 is 0 Å². The second kappa shape index (κ2) is 5.56. The summed E-state index contributed by atoms with van der Waals surface area (Å²) in [5, 5.41) is 0. The molecule has 0 aromatic heterocycles. The minimum absolute atomic E-state index is 0.0698. The van der Waals surface area contributed by atoms with Crippen molar-refractivity contribution in [3.05, 3.63) is 12.2 Å². The van der Waals surface area contributed by atoms with Crippen LogP contribution in [0.5, 0.6) is 0 Å². The van der Waals surface area contributed by atoms with Crippen molar-refractivity contribution in [2.75, 3.05) is 0 Å². The number of allylic oxidation sites excluding steroid dienone is 2. The molecule has 0 radical (unpaired) electrons. The molecule has 0 saturated heterocycles. The summed E-state index contributed by atoms with van der Waals surface area (Å²) in [5.74, 6) is -0.755. The first-order valence-electron chi connectivity index (χ1n) is 8.09. The minimum atomic E-state index is -0.543. The van der Waals surface area contributed by atoms with E-state index in [1.165, 1.54) is 19.3 Å². The summed E-state index contributed by atoms with van der Waals surface area (Å²) >= 11 is 0. The summed E-state index contributed by atoms with van der Waals surface area (Å²) in [6.07, 6.45) is 9.46. The summed E-state index contributed by atoms with van der Waals surface area (Å²) in [6.45, 7) is 3.88. The average molecular weight is 292 g/mol. The Labute approximate surface area is 125 Å². The van der Waals surface area contributed by atoms with Gasteiger partial charge in [0.25, 0.3) is 0 Å². The second-order valence-corrected chi connectivity index (χ2v) is 6.89. The first kappa shape index (κ1) is 14.8. The molecule has 4 nitrogen and oxygen atoms in total. The molecule has 4 unspecified atom stereocenters. The second-order valence-electron chi connectivity index (χ2n) is 6.89. The lowest BCUT2D eigenvalue weighted by molar-refractivity contribution is -0.213. The van der Waals surface area contributed by atoms with Gasteiger partial charge in [0, 0.05) is 11.8 Å². The summed E-state index contributed by atoms with van der Waals surface area (Å²) in [4.78, 5) is 24.1. The number of hydrogen-bond donors (Lipinski definition) is 0. The smallest absolute Gasteiger partial charge is 0.312 e. The van der Waals surface area contributed by atoms with Crippen LogP contribution in [0.25, 0.3) is 0 Å². The van der Waals surface area contributed by atoms with Crippen molar-refractivity contribution in [3.8, 4) is 0 Å².